The molecule has 24 heavy (non-hydrogen) atoms. The van der Waals surface area contributed by atoms with Crippen molar-refractivity contribution in [1.29, 1.82) is 0 Å². The van der Waals surface area contributed by atoms with Gasteiger partial charge in [0.15, 0.2) is 0 Å². The number of hydrogen-bond acceptors (Lipinski definition) is 2. The summed E-state index contributed by atoms with van der Waals surface area (Å²) in [6.07, 6.45) is 7.09. The van der Waals surface area contributed by atoms with Gasteiger partial charge in [-0.1, -0.05) is 33.8 Å². The summed E-state index contributed by atoms with van der Waals surface area (Å²) in [5.74, 6) is 1.81. The zero-order valence-corrected chi connectivity index (χ0v) is 15.1. The Bertz CT molecular complexity index is 797. The lowest BCUT2D eigenvalue weighted by Crippen LogP contribution is -2.11. The largest absolute Gasteiger partial charge is 0.342 e. The van der Waals surface area contributed by atoms with Crippen LogP contribution in [0.15, 0.2) is 42.7 Å². The van der Waals surface area contributed by atoms with Crippen molar-refractivity contribution in [3.8, 4) is 11.1 Å². The molecule has 1 atom stereocenters. The summed E-state index contributed by atoms with van der Waals surface area (Å²) in [4.78, 5) is 12.3. The molecule has 1 unspecified atom stereocenters. The molecule has 3 aromatic rings. The Kier molecular flexibility index (Phi) is 4.70. The molecule has 0 radical (unpaired) electrons. The molecule has 3 rings (SSSR count). The van der Waals surface area contributed by atoms with Crippen molar-refractivity contribution in [2.75, 3.05) is 0 Å². The fourth-order valence-corrected chi connectivity index (χ4v) is 3.44. The molecule has 2 aromatic heterocycles. The molecule has 0 fully saturated rings. The van der Waals surface area contributed by atoms with Crippen molar-refractivity contribution in [1.82, 2.24) is 15.0 Å². The van der Waals surface area contributed by atoms with E-state index in [0.29, 0.717) is 11.3 Å². The van der Waals surface area contributed by atoms with Gasteiger partial charge in [0.05, 0.1) is 11.0 Å². The lowest BCUT2D eigenvalue weighted by molar-refractivity contribution is 0.296. The minimum Gasteiger partial charge on any atom is -0.342 e. The van der Waals surface area contributed by atoms with Crippen LogP contribution in [0.3, 0.4) is 0 Å². The number of H-pyrrole nitrogens is 1. The van der Waals surface area contributed by atoms with Gasteiger partial charge in [0.1, 0.15) is 5.82 Å². The first-order valence-corrected chi connectivity index (χ1v) is 8.80. The molecule has 2 heterocycles. The second-order valence-corrected chi connectivity index (χ2v) is 8.06. The van der Waals surface area contributed by atoms with Gasteiger partial charge in [-0.25, -0.2) is 4.98 Å². The number of benzene rings is 1. The van der Waals surface area contributed by atoms with Crippen LogP contribution in [-0.2, 0) is 6.42 Å². The maximum absolute atomic E-state index is 4.75. The van der Waals surface area contributed by atoms with Crippen molar-refractivity contribution < 1.29 is 0 Å². The summed E-state index contributed by atoms with van der Waals surface area (Å²) in [5, 5.41) is 0. The van der Waals surface area contributed by atoms with Crippen molar-refractivity contribution in [2.45, 2.75) is 47.0 Å². The van der Waals surface area contributed by atoms with Crippen molar-refractivity contribution >= 4 is 11.0 Å². The van der Waals surface area contributed by atoms with E-state index in [1.807, 2.05) is 24.5 Å². The van der Waals surface area contributed by atoms with Crippen LogP contribution in [0.4, 0.5) is 0 Å². The SMILES string of the molecule is CC(CCc1nc2ccc(-c3ccncc3)cc2[nH]1)CC(C)(C)C. The number of imidazole rings is 1. The van der Waals surface area contributed by atoms with Gasteiger partial charge in [0.25, 0.3) is 0 Å². The molecular weight excluding hydrogens is 294 g/mol. The Balaban J connectivity index is 1.72. The van der Waals surface area contributed by atoms with E-state index in [1.54, 1.807) is 0 Å². The van der Waals surface area contributed by atoms with Crippen LogP contribution in [0.5, 0.6) is 0 Å². The molecule has 0 aliphatic carbocycles. The fraction of sp³-hybridized carbons (Fsp3) is 0.429. The minimum atomic E-state index is 0.396. The lowest BCUT2D eigenvalue weighted by Gasteiger charge is -2.22. The third-order valence-corrected chi connectivity index (χ3v) is 4.38. The molecule has 3 heteroatoms. The minimum absolute atomic E-state index is 0.396. The first-order valence-electron chi connectivity index (χ1n) is 8.80. The van der Waals surface area contributed by atoms with Gasteiger partial charge in [0, 0.05) is 18.8 Å². The molecule has 0 bridgehead atoms. The number of fused-ring (bicyclic) bond motifs is 1. The highest BCUT2D eigenvalue weighted by molar-refractivity contribution is 5.81. The molecule has 0 aliphatic rings. The van der Waals surface area contributed by atoms with Crippen LogP contribution in [-0.4, -0.2) is 15.0 Å². The molecule has 0 spiro atoms. The average Bonchev–Trinajstić information content (AvgIpc) is 2.94. The fourth-order valence-electron chi connectivity index (χ4n) is 3.44. The van der Waals surface area contributed by atoms with Gasteiger partial charge in [-0.15, -0.1) is 0 Å². The van der Waals surface area contributed by atoms with E-state index in [2.05, 4.69) is 55.9 Å². The van der Waals surface area contributed by atoms with Crippen LogP contribution >= 0.6 is 0 Å². The number of rotatable bonds is 5. The number of pyridine rings is 1. The summed E-state index contributed by atoms with van der Waals surface area (Å²) in [5.41, 5.74) is 4.93. The molecule has 0 amide bonds. The highest BCUT2D eigenvalue weighted by atomic mass is 14.9. The van der Waals surface area contributed by atoms with Gasteiger partial charge in [-0.3, -0.25) is 4.98 Å². The number of hydrogen-bond donors (Lipinski definition) is 1. The third kappa shape index (κ3) is 4.22. The Morgan fingerprint density at radius 3 is 2.50 bits per heavy atom. The number of nitrogens with zero attached hydrogens (tertiary/aromatic N) is 2. The van der Waals surface area contributed by atoms with Gasteiger partial charge >= 0.3 is 0 Å². The van der Waals surface area contributed by atoms with E-state index in [1.165, 1.54) is 24.0 Å². The molecular formula is C21H27N3. The average molecular weight is 321 g/mol. The number of nitrogens with one attached hydrogen (secondary N) is 1. The van der Waals surface area contributed by atoms with Gasteiger partial charge in [0.2, 0.25) is 0 Å². The Morgan fingerprint density at radius 1 is 1.04 bits per heavy atom. The Hall–Kier alpha value is -2.16. The van der Waals surface area contributed by atoms with E-state index < -0.39 is 0 Å². The molecule has 3 nitrogen and oxygen atoms in total. The predicted octanol–water partition coefficient (Wildman–Crippen LogP) is 5.63. The van der Waals surface area contributed by atoms with E-state index >= 15 is 0 Å². The third-order valence-electron chi connectivity index (χ3n) is 4.38. The molecule has 1 aromatic carbocycles. The summed E-state index contributed by atoms with van der Waals surface area (Å²) in [7, 11) is 0. The van der Waals surface area contributed by atoms with Gasteiger partial charge in [-0.2, -0.15) is 0 Å². The molecule has 0 aliphatic heterocycles. The molecule has 126 valence electrons. The normalized spacial score (nSPS) is 13.3. The Labute approximate surface area is 144 Å². The molecule has 1 N–H and O–H groups in total. The van der Waals surface area contributed by atoms with Crippen LogP contribution in [0, 0.1) is 11.3 Å². The summed E-state index contributed by atoms with van der Waals surface area (Å²) in [6.45, 7) is 9.28. The first kappa shape index (κ1) is 16.7. The van der Waals surface area contributed by atoms with E-state index in [4.69, 9.17) is 4.98 Å². The highest BCUT2D eigenvalue weighted by Crippen LogP contribution is 2.27. The maximum atomic E-state index is 4.75. The Morgan fingerprint density at radius 2 is 1.79 bits per heavy atom. The van der Waals surface area contributed by atoms with E-state index in [9.17, 15) is 0 Å². The summed E-state index contributed by atoms with van der Waals surface area (Å²) >= 11 is 0. The summed E-state index contributed by atoms with van der Waals surface area (Å²) in [6, 6.07) is 10.5. The summed E-state index contributed by atoms with van der Waals surface area (Å²) < 4.78 is 0. The van der Waals surface area contributed by atoms with E-state index in [-0.39, 0.29) is 0 Å². The van der Waals surface area contributed by atoms with Crippen molar-refractivity contribution in [3.63, 3.8) is 0 Å². The smallest absolute Gasteiger partial charge is 0.107 e. The van der Waals surface area contributed by atoms with Crippen LogP contribution < -0.4 is 0 Å². The second-order valence-electron chi connectivity index (χ2n) is 8.06. The predicted molar refractivity (Wildman–Crippen MR) is 101 cm³/mol. The van der Waals surface area contributed by atoms with Crippen molar-refractivity contribution in [2.24, 2.45) is 11.3 Å². The lowest BCUT2D eigenvalue weighted by atomic mass is 9.84. The number of aromatic nitrogens is 3. The number of aryl methyl sites for hydroxylation is 1. The van der Waals surface area contributed by atoms with Crippen LogP contribution in [0.2, 0.25) is 0 Å². The monoisotopic (exact) mass is 321 g/mol. The van der Waals surface area contributed by atoms with Gasteiger partial charge in [-0.05, 0) is 59.6 Å². The van der Waals surface area contributed by atoms with Crippen LogP contribution in [0.1, 0.15) is 46.4 Å². The zero-order valence-electron chi connectivity index (χ0n) is 15.1. The first-order chi connectivity index (χ1) is 11.4. The molecule has 0 saturated heterocycles. The standard InChI is InChI=1S/C21H27N3/c1-15(14-21(2,3)4)5-8-20-23-18-7-6-17(13-19(18)24-20)16-9-11-22-12-10-16/h6-7,9-13,15H,5,8,14H2,1-4H3,(H,23,24). The second kappa shape index (κ2) is 6.76. The highest BCUT2D eigenvalue weighted by Gasteiger charge is 2.15. The topological polar surface area (TPSA) is 41.6 Å². The maximum Gasteiger partial charge on any atom is 0.107 e. The van der Waals surface area contributed by atoms with E-state index in [0.717, 1.165) is 23.3 Å². The van der Waals surface area contributed by atoms with Crippen molar-refractivity contribution in [3.05, 3.63) is 48.5 Å². The molecule has 0 saturated carbocycles. The zero-order chi connectivity index (χ0) is 17.2. The quantitative estimate of drug-likeness (QED) is 0.661. The number of aromatic amines is 1. The van der Waals surface area contributed by atoms with Gasteiger partial charge < -0.3 is 4.98 Å². The van der Waals surface area contributed by atoms with Crippen LogP contribution in [0.25, 0.3) is 22.2 Å².